The van der Waals surface area contributed by atoms with Gasteiger partial charge in [-0.1, -0.05) is 20.8 Å². The van der Waals surface area contributed by atoms with Gasteiger partial charge in [-0.05, 0) is 47.0 Å². The molecule has 1 aliphatic rings. The number of piperidine rings is 1. The Morgan fingerprint density at radius 2 is 1.56 bits per heavy atom. The molecule has 0 saturated carbocycles. The summed E-state index contributed by atoms with van der Waals surface area (Å²) < 4.78 is 0. The molecule has 4 heteroatoms. The Balaban J connectivity index is 0.00000137. The molecule has 18 heavy (non-hydrogen) atoms. The van der Waals surface area contributed by atoms with Crippen molar-refractivity contribution < 1.29 is 10.0 Å². The van der Waals surface area contributed by atoms with Crippen LogP contribution in [0.1, 0.15) is 67.7 Å². The van der Waals surface area contributed by atoms with Crippen molar-refractivity contribution in [3.05, 3.63) is 0 Å². The van der Waals surface area contributed by atoms with Crippen LogP contribution in [-0.2, 0) is 4.79 Å². The van der Waals surface area contributed by atoms with Crippen molar-refractivity contribution >= 4 is 5.91 Å². The van der Waals surface area contributed by atoms with Crippen LogP contribution in [0.25, 0.3) is 0 Å². The topological polar surface area (TPSA) is 61.4 Å². The summed E-state index contributed by atoms with van der Waals surface area (Å²) in [4.78, 5) is 11.9. The van der Waals surface area contributed by atoms with E-state index in [9.17, 15) is 4.79 Å². The van der Waals surface area contributed by atoms with Gasteiger partial charge in [0.2, 0.25) is 5.91 Å². The molecular formula is C14H30N2O2. The second kappa shape index (κ2) is 6.02. The van der Waals surface area contributed by atoms with Crippen LogP contribution in [0.3, 0.4) is 0 Å². The van der Waals surface area contributed by atoms with Gasteiger partial charge < -0.3 is 5.32 Å². The number of rotatable bonds is 2. The molecule has 1 rings (SSSR count). The van der Waals surface area contributed by atoms with E-state index in [4.69, 9.17) is 5.21 Å². The van der Waals surface area contributed by atoms with Gasteiger partial charge in [-0.2, -0.15) is 0 Å². The molecule has 0 radical (unpaired) electrons. The van der Waals surface area contributed by atoms with Crippen LogP contribution in [0.5, 0.6) is 0 Å². The molecular weight excluding hydrogens is 228 g/mol. The molecule has 0 atom stereocenters. The summed E-state index contributed by atoms with van der Waals surface area (Å²) >= 11 is 0. The number of hydrogen-bond acceptors (Lipinski definition) is 3. The predicted molar refractivity (Wildman–Crippen MR) is 74.5 cm³/mol. The number of carbonyl (C=O) groups excluding carboxylic acids is 1. The number of carbonyl (C=O) groups is 1. The van der Waals surface area contributed by atoms with Crippen molar-refractivity contribution in [2.45, 2.75) is 78.8 Å². The minimum absolute atomic E-state index is 0.0930. The lowest BCUT2D eigenvalue weighted by Crippen LogP contribution is -2.63. The van der Waals surface area contributed by atoms with Gasteiger partial charge in [0.05, 0.1) is 5.41 Å². The fraction of sp³-hybridized carbons (Fsp3) is 0.929. The van der Waals surface area contributed by atoms with E-state index >= 15 is 0 Å². The molecule has 0 aromatic rings. The Morgan fingerprint density at radius 3 is 1.83 bits per heavy atom. The summed E-state index contributed by atoms with van der Waals surface area (Å²) in [6, 6.07) is 0. The second-order valence-electron chi connectivity index (χ2n) is 6.32. The van der Waals surface area contributed by atoms with Crippen molar-refractivity contribution in [3.8, 4) is 0 Å². The van der Waals surface area contributed by atoms with Crippen LogP contribution in [0, 0.1) is 5.41 Å². The van der Waals surface area contributed by atoms with Crippen LogP contribution >= 0.6 is 0 Å². The molecule has 0 aliphatic carbocycles. The first kappa shape index (κ1) is 17.4. The van der Waals surface area contributed by atoms with E-state index in [0.717, 1.165) is 19.3 Å². The van der Waals surface area contributed by atoms with Crippen LogP contribution in [0.4, 0.5) is 0 Å². The highest BCUT2D eigenvalue weighted by atomic mass is 16.5. The van der Waals surface area contributed by atoms with Gasteiger partial charge in [0.25, 0.3) is 0 Å². The number of hydroxylamine groups is 1. The van der Waals surface area contributed by atoms with Crippen molar-refractivity contribution in [1.29, 1.82) is 0 Å². The maximum absolute atomic E-state index is 11.9. The Bertz CT molecular complexity index is 270. The van der Waals surface area contributed by atoms with Gasteiger partial charge in [0.1, 0.15) is 0 Å². The van der Waals surface area contributed by atoms with E-state index in [-0.39, 0.29) is 17.0 Å². The van der Waals surface area contributed by atoms with Gasteiger partial charge >= 0.3 is 0 Å². The van der Waals surface area contributed by atoms with Gasteiger partial charge in [-0.3, -0.25) is 10.0 Å². The van der Waals surface area contributed by atoms with Crippen molar-refractivity contribution in [1.82, 2.24) is 10.8 Å². The molecule has 108 valence electrons. The van der Waals surface area contributed by atoms with Crippen LogP contribution in [0.15, 0.2) is 0 Å². The average molecular weight is 258 g/mol. The minimum Gasteiger partial charge on any atom is -0.307 e. The zero-order valence-electron chi connectivity index (χ0n) is 13.0. The third-order valence-corrected chi connectivity index (χ3v) is 3.50. The zero-order valence-corrected chi connectivity index (χ0v) is 13.0. The van der Waals surface area contributed by atoms with Crippen molar-refractivity contribution in [3.63, 3.8) is 0 Å². The van der Waals surface area contributed by atoms with E-state index in [0.29, 0.717) is 0 Å². The van der Waals surface area contributed by atoms with Gasteiger partial charge in [-0.25, -0.2) is 5.48 Å². The first-order valence-corrected chi connectivity index (χ1v) is 6.90. The highest BCUT2D eigenvalue weighted by Gasteiger charge is 2.50. The zero-order chi connectivity index (χ0) is 14.6. The van der Waals surface area contributed by atoms with Crippen molar-refractivity contribution in [2.24, 2.45) is 5.41 Å². The molecule has 0 bridgehead atoms. The Hall–Kier alpha value is -0.610. The molecule has 1 fully saturated rings. The molecule has 0 unspecified atom stereocenters. The molecule has 1 aliphatic heterocycles. The normalized spacial score (nSPS) is 23.6. The Kier molecular flexibility index (Phi) is 5.82. The van der Waals surface area contributed by atoms with Crippen LogP contribution < -0.4 is 10.8 Å². The third-order valence-electron chi connectivity index (χ3n) is 3.50. The molecule has 0 aromatic carbocycles. The number of hydrogen-bond donors (Lipinski definition) is 3. The number of nitrogens with one attached hydrogen (secondary N) is 2. The molecule has 1 saturated heterocycles. The van der Waals surface area contributed by atoms with Gasteiger partial charge in [0.15, 0.2) is 0 Å². The summed E-state index contributed by atoms with van der Waals surface area (Å²) in [6.07, 6.45) is 2.23. The number of amides is 1. The van der Waals surface area contributed by atoms with Crippen LogP contribution in [-0.4, -0.2) is 22.2 Å². The molecule has 4 nitrogen and oxygen atoms in total. The molecule has 0 spiro atoms. The van der Waals surface area contributed by atoms with E-state index in [1.807, 2.05) is 26.3 Å². The van der Waals surface area contributed by atoms with Crippen molar-refractivity contribution in [2.75, 3.05) is 0 Å². The standard InChI is InChI=1S/C12H24N2O2.C2H6/c1-6-12(9(15)13-16)7-10(2,3)14-11(4,5)8-12;1-2/h14,16H,6-8H2,1-5H3,(H,13,15);1-2H3. The minimum atomic E-state index is -0.465. The average Bonchev–Trinajstić information content (AvgIpc) is 2.26. The highest BCUT2D eigenvalue weighted by Crippen LogP contribution is 2.44. The largest absolute Gasteiger partial charge is 0.307 e. The van der Waals surface area contributed by atoms with E-state index in [1.165, 1.54) is 0 Å². The van der Waals surface area contributed by atoms with E-state index < -0.39 is 5.41 Å². The fourth-order valence-corrected chi connectivity index (χ4v) is 3.45. The second-order valence-corrected chi connectivity index (χ2v) is 6.32. The smallest absolute Gasteiger partial charge is 0.249 e. The first-order chi connectivity index (χ1) is 8.16. The Morgan fingerprint density at radius 1 is 1.17 bits per heavy atom. The summed E-state index contributed by atoms with van der Waals surface area (Å²) in [5, 5.41) is 12.4. The van der Waals surface area contributed by atoms with Crippen LogP contribution in [0.2, 0.25) is 0 Å². The molecule has 0 aromatic heterocycles. The lowest BCUT2D eigenvalue weighted by Gasteiger charge is -2.51. The summed E-state index contributed by atoms with van der Waals surface area (Å²) in [5.74, 6) is -0.252. The fourth-order valence-electron chi connectivity index (χ4n) is 3.45. The summed E-state index contributed by atoms with van der Waals surface area (Å²) in [7, 11) is 0. The molecule has 1 heterocycles. The third kappa shape index (κ3) is 3.95. The maximum Gasteiger partial charge on any atom is 0.249 e. The molecule has 1 amide bonds. The lowest BCUT2D eigenvalue weighted by atomic mass is 9.64. The predicted octanol–water partition coefficient (Wildman–Crippen LogP) is 2.86. The Labute approximate surface area is 111 Å². The molecule has 3 N–H and O–H groups in total. The summed E-state index contributed by atoms with van der Waals surface area (Å²) in [5.41, 5.74) is 1.18. The lowest BCUT2D eigenvalue weighted by molar-refractivity contribution is -0.146. The maximum atomic E-state index is 11.9. The first-order valence-electron chi connectivity index (χ1n) is 6.90. The van der Waals surface area contributed by atoms with Gasteiger partial charge in [0, 0.05) is 11.1 Å². The quantitative estimate of drug-likeness (QED) is 0.527. The SMILES string of the molecule is CC.CCC1(C(=O)NO)CC(C)(C)NC(C)(C)C1. The monoisotopic (exact) mass is 258 g/mol. The van der Waals surface area contributed by atoms with Gasteiger partial charge in [-0.15, -0.1) is 0 Å². The van der Waals surface area contributed by atoms with E-state index in [2.05, 4.69) is 33.0 Å². The highest BCUT2D eigenvalue weighted by molar-refractivity contribution is 5.82. The van der Waals surface area contributed by atoms with E-state index in [1.54, 1.807) is 0 Å². The summed E-state index contributed by atoms with van der Waals surface area (Å²) in [6.45, 7) is 14.4.